The zero-order valence-corrected chi connectivity index (χ0v) is 13.5. The number of hydrogen-bond acceptors (Lipinski definition) is 3. The lowest BCUT2D eigenvalue weighted by molar-refractivity contribution is -0.136. The molecule has 3 rings (SSSR count). The van der Waals surface area contributed by atoms with Gasteiger partial charge in [-0.3, -0.25) is 4.79 Å². The van der Waals surface area contributed by atoms with Crippen molar-refractivity contribution in [2.75, 3.05) is 18.1 Å². The number of H-pyrrole nitrogens is 1. The highest BCUT2D eigenvalue weighted by Gasteiger charge is 2.38. The van der Waals surface area contributed by atoms with Crippen molar-refractivity contribution in [1.82, 2.24) is 4.98 Å². The summed E-state index contributed by atoms with van der Waals surface area (Å²) in [4.78, 5) is 14.8. The van der Waals surface area contributed by atoms with E-state index in [1.807, 2.05) is 0 Å². The lowest BCUT2D eigenvalue weighted by Gasteiger charge is -2.38. The number of halogens is 6. The quantitative estimate of drug-likeness (QED) is 0.799. The van der Waals surface area contributed by atoms with Gasteiger partial charge in [0.05, 0.1) is 22.8 Å². The molecule has 0 bridgehead atoms. The van der Waals surface area contributed by atoms with Crippen molar-refractivity contribution < 1.29 is 31.1 Å². The lowest BCUT2D eigenvalue weighted by Crippen LogP contribution is -2.47. The van der Waals surface area contributed by atoms with Gasteiger partial charge in [0, 0.05) is 17.5 Å². The minimum Gasteiger partial charge on any atom is -0.489 e. The predicted molar refractivity (Wildman–Crippen MR) is 82.5 cm³/mol. The van der Waals surface area contributed by atoms with Crippen molar-refractivity contribution in [1.29, 1.82) is 0 Å². The Morgan fingerprint density at radius 3 is 2.46 bits per heavy atom. The van der Waals surface area contributed by atoms with Crippen molar-refractivity contribution >= 4 is 16.6 Å². The van der Waals surface area contributed by atoms with Crippen LogP contribution < -0.4 is 15.2 Å². The molecule has 1 aromatic carbocycles. The molecule has 0 unspecified atom stereocenters. The average molecular weight is 380 g/mol. The number of anilines is 1. The van der Waals surface area contributed by atoms with E-state index in [-0.39, 0.29) is 28.9 Å². The number of alkyl halides is 6. The Morgan fingerprint density at radius 2 is 1.88 bits per heavy atom. The number of hydrogen-bond donors (Lipinski definition) is 1. The summed E-state index contributed by atoms with van der Waals surface area (Å²) in [6.07, 6.45) is -9.03. The summed E-state index contributed by atoms with van der Waals surface area (Å²) in [5.41, 5.74) is -2.39. The molecule has 4 nitrogen and oxygen atoms in total. The lowest BCUT2D eigenvalue weighted by atomic mass is 10.0. The first-order valence-corrected chi connectivity index (χ1v) is 7.74. The molecule has 1 N–H and O–H groups in total. The van der Waals surface area contributed by atoms with Crippen LogP contribution >= 0.6 is 0 Å². The highest BCUT2D eigenvalue weighted by molar-refractivity contribution is 5.89. The second kappa shape index (κ2) is 6.10. The fourth-order valence-corrected chi connectivity index (χ4v) is 3.07. The van der Waals surface area contributed by atoms with E-state index in [0.29, 0.717) is 12.5 Å². The Hall–Kier alpha value is -2.39. The number of nitrogens with one attached hydrogen (secondary N) is 1. The molecule has 1 aliphatic rings. The second-order valence-electron chi connectivity index (χ2n) is 6.03. The van der Waals surface area contributed by atoms with Crippen molar-refractivity contribution in [2.45, 2.75) is 31.7 Å². The number of pyridine rings is 1. The summed E-state index contributed by atoms with van der Waals surface area (Å²) in [6, 6.07) is 1.90. The van der Waals surface area contributed by atoms with Crippen molar-refractivity contribution in [3.8, 4) is 5.75 Å². The molecular formula is C16H14F6N2O2. The zero-order chi connectivity index (χ0) is 19.3. The fraction of sp³-hybridized carbons (Fsp3) is 0.438. The first-order chi connectivity index (χ1) is 12.0. The Labute approximate surface area is 143 Å². The molecule has 26 heavy (non-hydrogen) atoms. The normalized spacial score (nSPS) is 18.0. The van der Waals surface area contributed by atoms with Gasteiger partial charge in [0.2, 0.25) is 5.56 Å². The molecule has 142 valence electrons. The van der Waals surface area contributed by atoms with Gasteiger partial charge in [-0.05, 0) is 12.5 Å². The van der Waals surface area contributed by atoms with E-state index < -0.39 is 36.1 Å². The summed E-state index contributed by atoms with van der Waals surface area (Å²) in [5, 5.41) is -0.386. The average Bonchev–Trinajstić information content (AvgIpc) is 2.50. The maximum atomic E-state index is 13.3. The Balaban J connectivity index is 2.24. The zero-order valence-electron chi connectivity index (χ0n) is 13.5. The topological polar surface area (TPSA) is 45.3 Å². The Kier molecular flexibility index (Phi) is 4.32. The number of benzene rings is 1. The summed E-state index contributed by atoms with van der Waals surface area (Å²) in [7, 11) is 0. The van der Waals surface area contributed by atoms with E-state index in [0.717, 1.165) is 17.0 Å². The van der Waals surface area contributed by atoms with E-state index >= 15 is 0 Å². The number of ether oxygens (including phenoxy) is 1. The molecule has 1 aliphatic heterocycles. The van der Waals surface area contributed by atoms with Crippen LogP contribution in [0.25, 0.3) is 10.9 Å². The summed E-state index contributed by atoms with van der Waals surface area (Å²) in [5.74, 6) is 0.00132. The molecule has 0 spiro atoms. The van der Waals surface area contributed by atoms with Crippen molar-refractivity contribution in [3.63, 3.8) is 0 Å². The van der Waals surface area contributed by atoms with Gasteiger partial charge in [-0.2, -0.15) is 26.3 Å². The molecule has 0 fully saturated rings. The number of aromatic nitrogens is 1. The van der Waals surface area contributed by atoms with Crippen LogP contribution in [0.4, 0.5) is 32.0 Å². The SMILES string of the molecule is CC[C@@H]1COc2cc3[nH]c(=O)cc(C(F)(F)F)c3cc2N1CC(F)(F)F. The third kappa shape index (κ3) is 3.45. The molecule has 10 heteroatoms. The fourth-order valence-electron chi connectivity index (χ4n) is 3.07. The van der Waals surface area contributed by atoms with Gasteiger partial charge in [-0.25, -0.2) is 0 Å². The third-order valence-electron chi connectivity index (χ3n) is 4.23. The molecule has 0 amide bonds. The predicted octanol–water partition coefficient (Wildman–Crippen LogP) is 4.09. The third-order valence-corrected chi connectivity index (χ3v) is 4.23. The van der Waals surface area contributed by atoms with Gasteiger partial charge in [0.1, 0.15) is 18.9 Å². The number of rotatable bonds is 2. The summed E-state index contributed by atoms with van der Waals surface area (Å²) >= 11 is 0. The van der Waals surface area contributed by atoms with Crippen LogP contribution in [0.5, 0.6) is 5.75 Å². The Morgan fingerprint density at radius 1 is 1.19 bits per heavy atom. The van der Waals surface area contributed by atoms with Gasteiger partial charge in [0.15, 0.2) is 0 Å². The van der Waals surface area contributed by atoms with Crippen LogP contribution in [0.3, 0.4) is 0 Å². The molecule has 0 aliphatic carbocycles. The van der Waals surface area contributed by atoms with Gasteiger partial charge in [-0.15, -0.1) is 0 Å². The molecule has 1 atom stereocenters. The summed E-state index contributed by atoms with van der Waals surface area (Å²) in [6.45, 7) is 0.328. The molecule has 2 heterocycles. The van der Waals surface area contributed by atoms with Crippen LogP contribution in [0.1, 0.15) is 18.9 Å². The van der Waals surface area contributed by atoms with E-state index in [1.165, 1.54) is 0 Å². The van der Waals surface area contributed by atoms with Crippen molar-refractivity contribution in [2.24, 2.45) is 0 Å². The Bertz CT molecular complexity index is 887. The molecule has 0 saturated carbocycles. The highest BCUT2D eigenvalue weighted by Crippen LogP contribution is 2.42. The standard InChI is InChI=1S/C16H14F6N2O2/c1-2-8-6-26-13-5-11-9(3-12(13)24(8)7-15(17,18)19)10(16(20,21)22)4-14(25)23-11/h3-5,8H,2,6-7H2,1H3,(H,23,25)/t8-/m1/s1. The molecular weight excluding hydrogens is 366 g/mol. The number of nitrogens with zero attached hydrogens (tertiary/aromatic N) is 1. The largest absolute Gasteiger partial charge is 0.489 e. The van der Waals surface area contributed by atoms with E-state index in [1.54, 1.807) is 6.92 Å². The van der Waals surface area contributed by atoms with Crippen LogP contribution in [0, 0.1) is 0 Å². The van der Waals surface area contributed by atoms with Gasteiger partial charge in [0.25, 0.3) is 0 Å². The summed E-state index contributed by atoms with van der Waals surface area (Å²) < 4.78 is 84.1. The second-order valence-corrected chi connectivity index (χ2v) is 6.03. The molecule has 0 saturated heterocycles. The maximum Gasteiger partial charge on any atom is 0.417 e. The highest BCUT2D eigenvalue weighted by atomic mass is 19.4. The number of fused-ring (bicyclic) bond motifs is 2. The first kappa shape index (κ1) is 18.4. The molecule has 0 radical (unpaired) electrons. The molecule has 1 aromatic heterocycles. The monoisotopic (exact) mass is 380 g/mol. The van der Waals surface area contributed by atoms with Crippen LogP contribution in [0.15, 0.2) is 23.0 Å². The first-order valence-electron chi connectivity index (χ1n) is 7.74. The van der Waals surface area contributed by atoms with Crippen LogP contribution in [0.2, 0.25) is 0 Å². The van der Waals surface area contributed by atoms with E-state index in [2.05, 4.69) is 4.98 Å². The van der Waals surface area contributed by atoms with E-state index in [4.69, 9.17) is 4.74 Å². The minimum atomic E-state index is -4.82. The van der Waals surface area contributed by atoms with Gasteiger partial charge < -0.3 is 14.6 Å². The smallest absolute Gasteiger partial charge is 0.417 e. The number of aromatic amines is 1. The van der Waals surface area contributed by atoms with E-state index in [9.17, 15) is 31.1 Å². The van der Waals surface area contributed by atoms with Gasteiger partial charge in [-0.1, -0.05) is 6.92 Å². The maximum absolute atomic E-state index is 13.3. The molecule has 2 aromatic rings. The van der Waals surface area contributed by atoms with Gasteiger partial charge >= 0.3 is 12.4 Å². The van der Waals surface area contributed by atoms with Crippen molar-refractivity contribution in [3.05, 3.63) is 34.1 Å². The van der Waals surface area contributed by atoms with Crippen LogP contribution in [-0.2, 0) is 6.18 Å². The van der Waals surface area contributed by atoms with Crippen LogP contribution in [-0.4, -0.2) is 30.4 Å². The minimum absolute atomic E-state index is 0.00132.